The minimum Gasteiger partial charge on any atom is -0.424 e. The van der Waals surface area contributed by atoms with Crippen molar-refractivity contribution in [2.24, 2.45) is 0 Å². The second-order valence-corrected chi connectivity index (χ2v) is 4.22. The molecule has 3 aromatic rings. The van der Waals surface area contributed by atoms with E-state index in [2.05, 4.69) is 15.2 Å². The molecule has 0 radical (unpaired) electrons. The summed E-state index contributed by atoms with van der Waals surface area (Å²) < 4.78 is 45.3. The van der Waals surface area contributed by atoms with Crippen molar-refractivity contribution in [2.45, 2.75) is 19.6 Å². The molecule has 0 aliphatic heterocycles. The van der Waals surface area contributed by atoms with E-state index in [1.54, 1.807) is 25.1 Å². The summed E-state index contributed by atoms with van der Waals surface area (Å²) in [4.78, 5) is 3.64. The molecule has 0 aliphatic rings. The van der Waals surface area contributed by atoms with E-state index >= 15 is 0 Å². The molecule has 3 rings (SSSR count). The van der Waals surface area contributed by atoms with Crippen LogP contribution in [0.25, 0.3) is 11.0 Å². The highest BCUT2D eigenvalue weighted by molar-refractivity contribution is 5.76. The fourth-order valence-electron chi connectivity index (χ4n) is 1.99. The number of nitrogens with zero attached hydrogens (tertiary/aromatic N) is 4. The number of alkyl halides is 3. The fraction of sp³-hybridized carbons (Fsp3) is 0.250. The molecule has 0 fully saturated rings. The minimum atomic E-state index is -4.55. The molecule has 0 spiro atoms. The van der Waals surface area contributed by atoms with E-state index in [4.69, 9.17) is 4.42 Å². The van der Waals surface area contributed by atoms with Gasteiger partial charge in [-0.15, -0.1) is 10.2 Å². The first-order valence-electron chi connectivity index (χ1n) is 5.76. The van der Waals surface area contributed by atoms with E-state index in [-0.39, 0.29) is 18.0 Å². The summed E-state index contributed by atoms with van der Waals surface area (Å²) in [5, 5.41) is 7.33. The zero-order chi connectivity index (χ0) is 14.3. The first-order chi connectivity index (χ1) is 9.45. The number of benzene rings is 1. The molecule has 0 saturated heterocycles. The van der Waals surface area contributed by atoms with Crippen molar-refractivity contribution in [1.29, 1.82) is 0 Å². The first-order valence-corrected chi connectivity index (χ1v) is 5.76. The molecular weight excluding hydrogens is 273 g/mol. The quantitative estimate of drug-likeness (QED) is 0.725. The molecule has 5 nitrogen and oxygen atoms in total. The van der Waals surface area contributed by atoms with Gasteiger partial charge in [-0.25, -0.2) is 4.98 Å². The van der Waals surface area contributed by atoms with Crippen LogP contribution in [0.3, 0.4) is 0 Å². The molecular formula is C12H9F3N4O. The molecule has 8 heteroatoms. The molecule has 0 bridgehead atoms. The molecule has 0 saturated carbocycles. The number of fused-ring (bicyclic) bond motifs is 1. The minimum absolute atomic E-state index is 0.108. The Bertz CT molecular complexity index is 759. The number of para-hydroxylation sites is 2. The number of rotatable bonds is 2. The highest BCUT2D eigenvalue weighted by atomic mass is 19.4. The molecule has 1 aromatic carbocycles. The van der Waals surface area contributed by atoms with Gasteiger partial charge in [-0.05, 0) is 12.1 Å². The van der Waals surface area contributed by atoms with Gasteiger partial charge in [0.15, 0.2) is 0 Å². The van der Waals surface area contributed by atoms with Gasteiger partial charge >= 0.3 is 6.18 Å². The Kier molecular flexibility index (Phi) is 2.73. The summed E-state index contributed by atoms with van der Waals surface area (Å²) in [5.74, 6) is -0.566. The van der Waals surface area contributed by atoms with Crippen molar-refractivity contribution in [3.8, 4) is 0 Å². The van der Waals surface area contributed by atoms with Crippen LogP contribution in [0.4, 0.5) is 13.2 Å². The van der Waals surface area contributed by atoms with Gasteiger partial charge in [0.05, 0.1) is 11.0 Å². The lowest BCUT2D eigenvalue weighted by atomic mass is 10.3. The second kappa shape index (κ2) is 4.32. The SMILES string of the molecule is Cc1nnc(Cn2c(C(F)(F)F)nc3ccccc32)o1. The lowest BCUT2D eigenvalue weighted by Crippen LogP contribution is -2.15. The zero-order valence-electron chi connectivity index (χ0n) is 10.3. The van der Waals surface area contributed by atoms with Crippen molar-refractivity contribution in [3.05, 3.63) is 41.9 Å². The number of hydrogen-bond acceptors (Lipinski definition) is 4. The molecule has 104 valence electrons. The van der Waals surface area contributed by atoms with Crippen LogP contribution in [0.1, 0.15) is 17.6 Å². The maximum atomic E-state index is 13.0. The molecule has 0 amide bonds. The Morgan fingerprint density at radius 3 is 2.60 bits per heavy atom. The van der Waals surface area contributed by atoms with E-state index in [9.17, 15) is 13.2 Å². The van der Waals surface area contributed by atoms with Gasteiger partial charge in [-0.2, -0.15) is 13.2 Å². The number of hydrogen-bond donors (Lipinski definition) is 0. The topological polar surface area (TPSA) is 56.7 Å². The largest absolute Gasteiger partial charge is 0.449 e. The smallest absolute Gasteiger partial charge is 0.424 e. The van der Waals surface area contributed by atoms with Gasteiger partial charge in [0.25, 0.3) is 0 Å². The van der Waals surface area contributed by atoms with Crippen molar-refractivity contribution in [1.82, 2.24) is 19.7 Å². The second-order valence-electron chi connectivity index (χ2n) is 4.22. The summed E-state index contributed by atoms with van der Waals surface area (Å²) in [6.07, 6.45) is -4.55. The normalized spacial score (nSPS) is 12.2. The molecule has 2 aromatic heterocycles. The fourth-order valence-corrected chi connectivity index (χ4v) is 1.99. The Labute approximate surface area is 111 Å². The third-order valence-electron chi connectivity index (χ3n) is 2.77. The monoisotopic (exact) mass is 282 g/mol. The molecule has 0 N–H and O–H groups in total. The predicted molar refractivity (Wildman–Crippen MR) is 62.9 cm³/mol. The van der Waals surface area contributed by atoms with E-state index in [0.717, 1.165) is 4.57 Å². The van der Waals surface area contributed by atoms with Crippen LogP contribution in [0.2, 0.25) is 0 Å². The van der Waals surface area contributed by atoms with Gasteiger partial charge in [-0.1, -0.05) is 12.1 Å². The number of aryl methyl sites for hydroxylation is 1. The van der Waals surface area contributed by atoms with Crippen LogP contribution < -0.4 is 0 Å². The Morgan fingerprint density at radius 2 is 1.95 bits per heavy atom. The average Bonchev–Trinajstić information content (AvgIpc) is 2.94. The van der Waals surface area contributed by atoms with Crippen molar-refractivity contribution in [3.63, 3.8) is 0 Å². The van der Waals surface area contributed by atoms with E-state index in [1.807, 2.05) is 0 Å². The third kappa shape index (κ3) is 2.13. The summed E-state index contributed by atoms with van der Waals surface area (Å²) in [6.45, 7) is 1.41. The highest BCUT2D eigenvalue weighted by Crippen LogP contribution is 2.31. The summed E-state index contributed by atoms with van der Waals surface area (Å²) in [6, 6.07) is 6.39. The van der Waals surface area contributed by atoms with E-state index in [1.165, 1.54) is 6.07 Å². The van der Waals surface area contributed by atoms with Crippen LogP contribution in [-0.2, 0) is 12.7 Å². The lowest BCUT2D eigenvalue weighted by molar-refractivity contribution is -0.146. The third-order valence-corrected chi connectivity index (χ3v) is 2.77. The molecule has 0 aliphatic carbocycles. The average molecular weight is 282 g/mol. The number of imidazole rings is 1. The van der Waals surface area contributed by atoms with Gasteiger partial charge in [0, 0.05) is 6.92 Å². The maximum Gasteiger partial charge on any atom is 0.449 e. The molecule has 20 heavy (non-hydrogen) atoms. The molecule has 0 unspecified atom stereocenters. The highest BCUT2D eigenvalue weighted by Gasteiger charge is 2.37. The number of halogens is 3. The van der Waals surface area contributed by atoms with Crippen LogP contribution in [0.15, 0.2) is 28.7 Å². The molecule has 2 heterocycles. The van der Waals surface area contributed by atoms with Crippen molar-refractivity contribution >= 4 is 11.0 Å². The van der Waals surface area contributed by atoms with Gasteiger partial charge in [0.2, 0.25) is 17.6 Å². The standard InChI is InChI=1S/C12H9F3N4O/c1-7-17-18-10(20-7)6-19-9-5-3-2-4-8(9)16-11(19)12(13,14)15/h2-5H,6H2,1H3. The first kappa shape index (κ1) is 12.6. The Morgan fingerprint density at radius 1 is 1.20 bits per heavy atom. The van der Waals surface area contributed by atoms with Crippen LogP contribution in [0.5, 0.6) is 0 Å². The van der Waals surface area contributed by atoms with Gasteiger partial charge < -0.3 is 8.98 Å². The van der Waals surface area contributed by atoms with Gasteiger partial charge in [0.1, 0.15) is 6.54 Å². The Balaban J connectivity index is 2.16. The van der Waals surface area contributed by atoms with Crippen LogP contribution in [-0.4, -0.2) is 19.7 Å². The maximum absolute atomic E-state index is 13.0. The number of aromatic nitrogens is 4. The lowest BCUT2D eigenvalue weighted by Gasteiger charge is -2.09. The van der Waals surface area contributed by atoms with Crippen molar-refractivity contribution in [2.75, 3.05) is 0 Å². The summed E-state index contributed by atoms with van der Waals surface area (Å²) in [5.41, 5.74) is 0.645. The van der Waals surface area contributed by atoms with Gasteiger partial charge in [-0.3, -0.25) is 0 Å². The Hall–Kier alpha value is -2.38. The van der Waals surface area contributed by atoms with E-state index in [0.29, 0.717) is 11.4 Å². The summed E-state index contributed by atoms with van der Waals surface area (Å²) >= 11 is 0. The van der Waals surface area contributed by atoms with E-state index < -0.39 is 12.0 Å². The zero-order valence-corrected chi connectivity index (χ0v) is 10.3. The summed E-state index contributed by atoms with van der Waals surface area (Å²) in [7, 11) is 0. The molecule has 0 atom stereocenters. The van der Waals surface area contributed by atoms with Crippen molar-refractivity contribution < 1.29 is 17.6 Å². The van der Waals surface area contributed by atoms with Crippen LogP contribution >= 0.6 is 0 Å². The van der Waals surface area contributed by atoms with Crippen LogP contribution in [0, 0.1) is 6.92 Å². The predicted octanol–water partition coefficient (Wildman–Crippen LogP) is 2.79.